The minimum absolute atomic E-state index is 0.277. The summed E-state index contributed by atoms with van der Waals surface area (Å²) in [4.78, 5) is 23.7. The van der Waals surface area contributed by atoms with Crippen molar-refractivity contribution >= 4 is 16.7 Å². The lowest BCUT2D eigenvalue weighted by Gasteiger charge is -2.32. The number of carboxylic acids is 1. The molecule has 5 nitrogen and oxygen atoms in total. The monoisotopic (exact) mass is 272 g/mol. The third-order valence-corrected chi connectivity index (χ3v) is 4.27. The Hall–Kier alpha value is -2.17. The van der Waals surface area contributed by atoms with Crippen LogP contribution in [0.2, 0.25) is 0 Å². The zero-order chi connectivity index (χ0) is 14.2. The third-order valence-electron chi connectivity index (χ3n) is 4.27. The summed E-state index contributed by atoms with van der Waals surface area (Å²) in [7, 11) is 0. The molecule has 0 radical (unpaired) electrons. The molecule has 1 aromatic carbocycles. The molecule has 0 unspecified atom stereocenters. The van der Waals surface area contributed by atoms with Gasteiger partial charge in [0.05, 0.1) is 11.1 Å². The number of hydrogen-bond donors (Lipinski definition) is 2. The van der Waals surface area contributed by atoms with Crippen molar-refractivity contribution in [3.8, 4) is 0 Å². The van der Waals surface area contributed by atoms with Crippen LogP contribution in [0.15, 0.2) is 29.1 Å². The third kappa shape index (κ3) is 1.81. The van der Waals surface area contributed by atoms with Crippen molar-refractivity contribution in [1.82, 2.24) is 10.2 Å². The first kappa shape index (κ1) is 12.8. The Labute approximate surface area is 115 Å². The Morgan fingerprint density at radius 2 is 1.80 bits per heavy atom. The Morgan fingerprint density at radius 1 is 1.15 bits per heavy atom. The van der Waals surface area contributed by atoms with Gasteiger partial charge in [-0.05, 0) is 18.9 Å². The van der Waals surface area contributed by atoms with E-state index in [4.69, 9.17) is 0 Å². The van der Waals surface area contributed by atoms with Crippen LogP contribution in [0.3, 0.4) is 0 Å². The summed E-state index contributed by atoms with van der Waals surface area (Å²) in [5, 5.41) is 17.5. The molecule has 0 atom stereocenters. The van der Waals surface area contributed by atoms with Gasteiger partial charge < -0.3 is 5.11 Å². The maximum absolute atomic E-state index is 11.9. The molecule has 2 N–H and O–H groups in total. The fourth-order valence-electron chi connectivity index (χ4n) is 3.19. The van der Waals surface area contributed by atoms with E-state index in [0.717, 1.165) is 19.3 Å². The lowest BCUT2D eigenvalue weighted by Crippen LogP contribution is -2.39. The molecule has 2 aromatic rings. The number of nitrogens with one attached hydrogen (secondary N) is 1. The van der Waals surface area contributed by atoms with Crippen LogP contribution in [0.4, 0.5) is 0 Å². The summed E-state index contributed by atoms with van der Waals surface area (Å²) in [6.07, 6.45) is 3.95. The van der Waals surface area contributed by atoms with Crippen LogP contribution in [0, 0.1) is 0 Å². The van der Waals surface area contributed by atoms with Gasteiger partial charge >= 0.3 is 5.97 Å². The molecule has 5 heteroatoms. The highest BCUT2D eigenvalue weighted by atomic mass is 16.4. The summed E-state index contributed by atoms with van der Waals surface area (Å²) in [6, 6.07) is 7.07. The van der Waals surface area contributed by atoms with E-state index in [2.05, 4.69) is 10.2 Å². The predicted octanol–water partition coefficient (Wildman–Crippen LogP) is 2.21. The van der Waals surface area contributed by atoms with Crippen molar-refractivity contribution in [2.45, 2.75) is 37.5 Å². The quantitative estimate of drug-likeness (QED) is 0.878. The van der Waals surface area contributed by atoms with Crippen molar-refractivity contribution in [3.63, 3.8) is 0 Å². The SMILES string of the molecule is O=C(O)C1(c2n[nH]c(=O)c3ccccc23)CCCCC1. The molecule has 104 valence electrons. The fraction of sp³-hybridized carbons (Fsp3) is 0.400. The molecule has 0 aliphatic heterocycles. The molecule has 0 bridgehead atoms. The normalized spacial score (nSPS) is 18.0. The number of benzene rings is 1. The summed E-state index contributed by atoms with van der Waals surface area (Å²) in [5.74, 6) is -0.845. The van der Waals surface area contributed by atoms with Gasteiger partial charge in [-0.2, -0.15) is 5.10 Å². The first-order valence-electron chi connectivity index (χ1n) is 6.86. The number of carboxylic acid groups (broad SMARTS) is 1. The summed E-state index contributed by atoms with van der Waals surface area (Å²) < 4.78 is 0. The number of aromatic amines is 1. The number of rotatable bonds is 2. The highest BCUT2D eigenvalue weighted by Crippen LogP contribution is 2.40. The smallest absolute Gasteiger partial charge is 0.315 e. The number of hydrogen-bond acceptors (Lipinski definition) is 3. The van der Waals surface area contributed by atoms with E-state index < -0.39 is 11.4 Å². The maximum Gasteiger partial charge on any atom is 0.315 e. The van der Waals surface area contributed by atoms with Crippen LogP contribution in [-0.2, 0) is 10.2 Å². The van der Waals surface area contributed by atoms with Gasteiger partial charge in [0.2, 0.25) is 0 Å². The highest BCUT2D eigenvalue weighted by Gasteiger charge is 2.44. The molecule has 0 spiro atoms. The van der Waals surface area contributed by atoms with E-state index in [1.54, 1.807) is 18.2 Å². The van der Waals surface area contributed by atoms with Crippen molar-refractivity contribution in [2.24, 2.45) is 0 Å². The first-order valence-corrected chi connectivity index (χ1v) is 6.86. The second-order valence-electron chi connectivity index (χ2n) is 5.39. The lowest BCUT2D eigenvalue weighted by molar-refractivity contribution is -0.145. The minimum Gasteiger partial charge on any atom is -0.481 e. The predicted molar refractivity (Wildman–Crippen MR) is 74.8 cm³/mol. The highest BCUT2D eigenvalue weighted by molar-refractivity contribution is 5.91. The standard InChI is InChI=1S/C15H16N2O3/c18-13-11-7-3-2-6-10(11)12(16-17-13)15(14(19)20)8-4-1-5-9-15/h2-3,6-7H,1,4-5,8-9H2,(H,17,18)(H,19,20). The Bertz CT molecular complexity index is 714. The van der Waals surface area contributed by atoms with Gasteiger partial charge in [0.25, 0.3) is 5.56 Å². The number of H-pyrrole nitrogens is 1. The molecule has 20 heavy (non-hydrogen) atoms. The zero-order valence-corrected chi connectivity index (χ0v) is 11.1. The molecule has 1 heterocycles. The molecule has 0 saturated heterocycles. The lowest BCUT2D eigenvalue weighted by atomic mass is 9.70. The molecule has 1 aromatic heterocycles. The summed E-state index contributed by atoms with van der Waals surface area (Å²) in [6.45, 7) is 0. The van der Waals surface area contributed by atoms with Gasteiger partial charge in [0.15, 0.2) is 0 Å². The zero-order valence-electron chi connectivity index (χ0n) is 11.1. The Kier molecular flexibility index (Phi) is 3.04. The summed E-state index contributed by atoms with van der Waals surface area (Å²) >= 11 is 0. The maximum atomic E-state index is 11.9. The number of aliphatic carboxylic acids is 1. The van der Waals surface area contributed by atoms with Crippen LogP contribution in [0.5, 0.6) is 0 Å². The number of carbonyl (C=O) groups is 1. The number of aromatic nitrogens is 2. The summed E-state index contributed by atoms with van der Waals surface area (Å²) in [5.41, 5.74) is -0.747. The molecular weight excluding hydrogens is 256 g/mol. The van der Waals surface area contributed by atoms with Crippen LogP contribution in [0.25, 0.3) is 10.8 Å². The van der Waals surface area contributed by atoms with Crippen LogP contribution in [0.1, 0.15) is 37.8 Å². The minimum atomic E-state index is -0.970. The molecule has 1 aliphatic carbocycles. The van der Waals surface area contributed by atoms with Crippen LogP contribution >= 0.6 is 0 Å². The fourth-order valence-corrected chi connectivity index (χ4v) is 3.19. The number of fused-ring (bicyclic) bond motifs is 1. The molecule has 1 fully saturated rings. The molecule has 0 amide bonds. The van der Waals surface area contributed by atoms with Crippen molar-refractivity contribution in [3.05, 3.63) is 40.3 Å². The van der Waals surface area contributed by atoms with Gasteiger partial charge in [-0.15, -0.1) is 0 Å². The average Bonchev–Trinajstić information content (AvgIpc) is 2.48. The number of nitrogens with zero attached hydrogens (tertiary/aromatic N) is 1. The average molecular weight is 272 g/mol. The van der Waals surface area contributed by atoms with Gasteiger partial charge in [0.1, 0.15) is 5.41 Å². The van der Waals surface area contributed by atoms with Crippen molar-refractivity contribution in [1.29, 1.82) is 0 Å². The van der Waals surface area contributed by atoms with Gasteiger partial charge in [0, 0.05) is 5.39 Å². The van der Waals surface area contributed by atoms with E-state index >= 15 is 0 Å². The van der Waals surface area contributed by atoms with E-state index in [0.29, 0.717) is 29.3 Å². The largest absolute Gasteiger partial charge is 0.481 e. The van der Waals surface area contributed by atoms with Crippen molar-refractivity contribution < 1.29 is 9.90 Å². The second kappa shape index (κ2) is 4.74. The first-order chi connectivity index (χ1) is 9.65. The second-order valence-corrected chi connectivity index (χ2v) is 5.39. The Morgan fingerprint density at radius 3 is 2.45 bits per heavy atom. The van der Waals surface area contributed by atoms with Crippen molar-refractivity contribution in [2.75, 3.05) is 0 Å². The molecule has 1 aliphatic rings. The van der Waals surface area contributed by atoms with E-state index in [-0.39, 0.29) is 5.56 Å². The van der Waals surface area contributed by atoms with E-state index in [1.807, 2.05) is 6.07 Å². The topological polar surface area (TPSA) is 83.0 Å². The Balaban J connectivity index is 2.30. The van der Waals surface area contributed by atoms with E-state index in [1.165, 1.54) is 0 Å². The van der Waals surface area contributed by atoms with Gasteiger partial charge in [-0.1, -0.05) is 37.5 Å². The van der Waals surface area contributed by atoms with E-state index in [9.17, 15) is 14.7 Å². The molecule has 1 saturated carbocycles. The molecular formula is C15H16N2O3. The van der Waals surface area contributed by atoms with Crippen LogP contribution in [-0.4, -0.2) is 21.3 Å². The molecule has 3 rings (SSSR count). The van der Waals surface area contributed by atoms with Gasteiger partial charge in [-0.25, -0.2) is 5.10 Å². The van der Waals surface area contributed by atoms with Gasteiger partial charge in [-0.3, -0.25) is 9.59 Å². The van der Waals surface area contributed by atoms with Crippen LogP contribution < -0.4 is 5.56 Å².